The van der Waals surface area contributed by atoms with Crippen molar-refractivity contribution in [2.45, 2.75) is 0 Å². The van der Waals surface area contributed by atoms with Crippen molar-refractivity contribution in [2.75, 3.05) is 22.1 Å². The van der Waals surface area contributed by atoms with Gasteiger partial charge in [0.25, 0.3) is 11.8 Å². The van der Waals surface area contributed by atoms with Gasteiger partial charge in [-0.2, -0.15) is 0 Å². The minimum absolute atomic E-state index is 0.0715. The number of carbonyl (C=O) groups excluding carboxylic acids is 3. The molecule has 9 heteroatoms. The third kappa shape index (κ3) is 4.12. The molecule has 0 bridgehead atoms. The molecule has 0 unspecified atom stereocenters. The molecule has 1 aliphatic rings. The maximum absolute atomic E-state index is 13.0. The second kappa shape index (κ2) is 8.14. The van der Waals surface area contributed by atoms with Crippen LogP contribution in [-0.4, -0.2) is 29.3 Å². The first-order valence-corrected chi connectivity index (χ1v) is 9.61. The van der Waals surface area contributed by atoms with Gasteiger partial charge in [0.05, 0.1) is 11.4 Å². The number of para-hydroxylation sites is 2. The molecule has 0 saturated carbocycles. The molecule has 3 amide bonds. The van der Waals surface area contributed by atoms with Crippen molar-refractivity contribution in [3.63, 3.8) is 0 Å². The van der Waals surface area contributed by atoms with E-state index in [0.29, 0.717) is 22.6 Å². The number of hydrogen-bond acceptors (Lipinski definition) is 4. The highest BCUT2D eigenvalue weighted by atomic mass is 35.5. The van der Waals surface area contributed by atoms with E-state index < -0.39 is 5.91 Å². The first kappa shape index (κ1) is 19.9. The van der Waals surface area contributed by atoms with Crippen molar-refractivity contribution in [1.29, 1.82) is 0 Å². The lowest BCUT2D eigenvalue weighted by Crippen LogP contribution is -2.42. The first-order chi connectivity index (χ1) is 14.4. The van der Waals surface area contributed by atoms with Gasteiger partial charge in [-0.3, -0.25) is 19.3 Å². The fourth-order valence-corrected chi connectivity index (χ4v) is 3.53. The quantitative estimate of drug-likeness (QED) is 0.595. The van der Waals surface area contributed by atoms with Crippen LogP contribution in [0.3, 0.4) is 0 Å². The van der Waals surface area contributed by atoms with Gasteiger partial charge >= 0.3 is 0 Å². The minimum atomic E-state index is -0.415. The molecule has 1 aromatic heterocycles. The van der Waals surface area contributed by atoms with Crippen molar-refractivity contribution in [3.8, 4) is 0 Å². The molecule has 0 atom stereocenters. The Morgan fingerprint density at radius 3 is 2.33 bits per heavy atom. The summed E-state index contributed by atoms with van der Waals surface area (Å²) in [5.74, 6) is -0.995. The predicted octanol–water partition coefficient (Wildman–Crippen LogP) is 4.24. The number of halogens is 2. The molecular formula is C21H14Cl2N4O3. The molecule has 0 saturated heterocycles. The van der Waals surface area contributed by atoms with E-state index in [-0.39, 0.29) is 34.2 Å². The van der Waals surface area contributed by atoms with Gasteiger partial charge in [0.15, 0.2) is 0 Å². The number of pyridine rings is 1. The van der Waals surface area contributed by atoms with Crippen LogP contribution in [0.15, 0.2) is 60.7 Å². The number of amides is 3. The molecule has 2 N–H and O–H groups in total. The van der Waals surface area contributed by atoms with Crippen LogP contribution in [0.5, 0.6) is 0 Å². The Kier molecular flexibility index (Phi) is 5.39. The van der Waals surface area contributed by atoms with Gasteiger partial charge in [-0.05, 0) is 48.5 Å². The van der Waals surface area contributed by atoms with Crippen LogP contribution in [0.1, 0.15) is 20.7 Å². The summed E-state index contributed by atoms with van der Waals surface area (Å²) in [6, 6.07) is 16.3. The highest BCUT2D eigenvalue weighted by molar-refractivity contribution is 6.33. The van der Waals surface area contributed by atoms with Gasteiger partial charge in [-0.1, -0.05) is 35.3 Å². The average molecular weight is 441 g/mol. The summed E-state index contributed by atoms with van der Waals surface area (Å²) in [7, 11) is 0. The van der Waals surface area contributed by atoms with E-state index in [1.165, 1.54) is 17.0 Å². The number of nitrogens with one attached hydrogen (secondary N) is 2. The number of hydrogen-bond donors (Lipinski definition) is 2. The summed E-state index contributed by atoms with van der Waals surface area (Å²) in [5, 5.41) is 5.68. The molecule has 1 aliphatic heterocycles. The summed E-state index contributed by atoms with van der Waals surface area (Å²) in [6.45, 7) is -0.0715. The van der Waals surface area contributed by atoms with Gasteiger partial charge in [0.2, 0.25) is 5.91 Å². The molecule has 30 heavy (non-hydrogen) atoms. The van der Waals surface area contributed by atoms with Gasteiger partial charge in [-0.25, -0.2) is 4.98 Å². The molecule has 2 aromatic carbocycles. The van der Waals surface area contributed by atoms with E-state index in [2.05, 4.69) is 15.6 Å². The Morgan fingerprint density at radius 2 is 1.63 bits per heavy atom. The number of rotatable bonds is 3. The zero-order valence-electron chi connectivity index (χ0n) is 15.4. The van der Waals surface area contributed by atoms with Crippen molar-refractivity contribution in [3.05, 3.63) is 82.1 Å². The molecular weight excluding hydrogens is 427 g/mol. The van der Waals surface area contributed by atoms with Crippen molar-refractivity contribution in [2.24, 2.45) is 0 Å². The van der Waals surface area contributed by atoms with Gasteiger partial charge < -0.3 is 10.6 Å². The van der Waals surface area contributed by atoms with Crippen LogP contribution < -0.4 is 15.5 Å². The van der Waals surface area contributed by atoms with Gasteiger partial charge in [0.1, 0.15) is 16.9 Å². The smallest absolute Gasteiger partial charge is 0.258 e. The Morgan fingerprint density at radius 1 is 0.967 bits per heavy atom. The molecule has 7 nitrogen and oxygen atoms in total. The lowest BCUT2D eigenvalue weighted by atomic mass is 10.1. The molecule has 2 heterocycles. The highest BCUT2D eigenvalue weighted by Crippen LogP contribution is 2.30. The fraction of sp³-hybridized carbons (Fsp3) is 0.0476. The third-order valence-corrected chi connectivity index (χ3v) is 4.82. The van der Waals surface area contributed by atoms with Crippen LogP contribution in [-0.2, 0) is 4.79 Å². The molecule has 0 fully saturated rings. The normalized spacial score (nSPS) is 12.7. The maximum Gasteiger partial charge on any atom is 0.258 e. The van der Waals surface area contributed by atoms with E-state index >= 15 is 0 Å². The van der Waals surface area contributed by atoms with Gasteiger partial charge in [-0.15, -0.1) is 0 Å². The van der Waals surface area contributed by atoms with Gasteiger partial charge in [0, 0.05) is 16.8 Å². The van der Waals surface area contributed by atoms with E-state index in [9.17, 15) is 14.4 Å². The average Bonchev–Trinajstić information content (AvgIpc) is 2.72. The summed E-state index contributed by atoms with van der Waals surface area (Å²) in [4.78, 5) is 42.5. The molecule has 0 radical (unpaired) electrons. The maximum atomic E-state index is 13.0. The standard InChI is InChI=1S/C21H14Cl2N4O3/c22-17-9-13(10-18(23)26-17)20(29)24-14-7-5-12(6-8-14)21(30)27-11-19(28)25-15-3-1-2-4-16(15)27/h1-10H,11H2,(H,24,29)(H,25,28). The lowest BCUT2D eigenvalue weighted by Gasteiger charge is -2.29. The van der Waals surface area contributed by atoms with Crippen LogP contribution >= 0.6 is 23.2 Å². The SMILES string of the molecule is O=C1CN(C(=O)c2ccc(NC(=O)c3cc(Cl)nc(Cl)c3)cc2)c2ccccc2N1. The van der Waals surface area contributed by atoms with Crippen molar-refractivity contribution < 1.29 is 14.4 Å². The third-order valence-electron chi connectivity index (χ3n) is 4.43. The number of nitrogens with zero attached hydrogens (tertiary/aromatic N) is 2. The lowest BCUT2D eigenvalue weighted by molar-refractivity contribution is -0.115. The fourth-order valence-electron chi connectivity index (χ4n) is 3.07. The Hall–Kier alpha value is -3.42. The minimum Gasteiger partial charge on any atom is -0.323 e. The number of fused-ring (bicyclic) bond motifs is 1. The number of anilines is 3. The van der Waals surface area contributed by atoms with E-state index in [4.69, 9.17) is 23.2 Å². The molecule has 4 rings (SSSR count). The monoisotopic (exact) mass is 440 g/mol. The second-order valence-electron chi connectivity index (χ2n) is 6.49. The first-order valence-electron chi connectivity index (χ1n) is 8.86. The number of benzene rings is 2. The summed E-state index contributed by atoms with van der Waals surface area (Å²) in [5.41, 5.74) is 2.34. The zero-order valence-corrected chi connectivity index (χ0v) is 16.9. The molecule has 3 aromatic rings. The predicted molar refractivity (Wildman–Crippen MR) is 115 cm³/mol. The van der Waals surface area contributed by atoms with E-state index in [1.54, 1.807) is 48.5 Å². The highest BCUT2D eigenvalue weighted by Gasteiger charge is 2.27. The zero-order chi connectivity index (χ0) is 21.3. The van der Waals surface area contributed by atoms with Crippen LogP contribution in [0.4, 0.5) is 17.1 Å². The molecule has 0 aliphatic carbocycles. The number of aromatic nitrogens is 1. The number of carbonyl (C=O) groups is 3. The van der Waals surface area contributed by atoms with Crippen molar-refractivity contribution in [1.82, 2.24) is 4.98 Å². The largest absolute Gasteiger partial charge is 0.323 e. The van der Waals surface area contributed by atoms with Crippen LogP contribution in [0.25, 0.3) is 0 Å². The summed E-state index contributed by atoms with van der Waals surface area (Å²) in [6.07, 6.45) is 0. The Balaban J connectivity index is 1.52. The van der Waals surface area contributed by atoms with Crippen molar-refractivity contribution >= 4 is 58.0 Å². The topological polar surface area (TPSA) is 91.4 Å². The van der Waals surface area contributed by atoms with E-state index in [0.717, 1.165) is 0 Å². The Labute approximate surface area is 181 Å². The summed E-state index contributed by atoms with van der Waals surface area (Å²) >= 11 is 11.7. The van der Waals surface area contributed by atoms with Crippen LogP contribution in [0, 0.1) is 0 Å². The van der Waals surface area contributed by atoms with Crippen LogP contribution in [0.2, 0.25) is 10.3 Å². The molecule has 0 spiro atoms. The summed E-state index contributed by atoms with van der Waals surface area (Å²) < 4.78 is 0. The Bertz CT molecular complexity index is 1140. The molecule has 150 valence electrons. The van der Waals surface area contributed by atoms with E-state index in [1.807, 2.05) is 0 Å². The second-order valence-corrected chi connectivity index (χ2v) is 7.26.